The molecule has 14 heteroatoms. The minimum atomic E-state index is -4.85. The molecule has 1 unspecified atom stereocenters. The number of carbonyl (C=O) groups is 1. The first kappa shape index (κ1) is 18.5. The summed E-state index contributed by atoms with van der Waals surface area (Å²) >= 11 is 0. The lowest BCUT2D eigenvalue weighted by atomic mass is 10.1. The molecule has 2 heterocycles. The van der Waals surface area contributed by atoms with Gasteiger partial charge in [-0.2, -0.15) is 0 Å². The number of rotatable bonds is 5. The first-order valence-electron chi connectivity index (χ1n) is 6.52. The highest BCUT2D eigenvalue weighted by Gasteiger charge is 2.45. The summed E-state index contributed by atoms with van der Waals surface area (Å²) in [5.74, 6) is -1.94. The minimum Gasteiger partial charge on any atom is -0.394 e. The molecule has 0 aromatic carbocycles. The molecule has 1 fully saturated rings. The van der Waals surface area contributed by atoms with E-state index in [9.17, 15) is 19.6 Å². The number of ether oxygens (including phenoxy) is 1. The van der Waals surface area contributed by atoms with Gasteiger partial charge < -0.3 is 40.6 Å². The van der Waals surface area contributed by atoms with Crippen molar-refractivity contribution in [2.75, 3.05) is 6.61 Å². The van der Waals surface area contributed by atoms with Crippen LogP contribution < -0.4 is 10.8 Å². The number of imidazole rings is 1. The van der Waals surface area contributed by atoms with E-state index in [-0.39, 0.29) is 11.5 Å². The zero-order valence-corrected chi connectivity index (χ0v) is 12.9. The normalized spacial score (nSPS) is 27.7. The first-order valence-corrected chi connectivity index (χ1v) is 8.14. The van der Waals surface area contributed by atoms with E-state index in [0.717, 1.165) is 6.34 Å². The Morgan fingerprint density at radius 3 is 2.62 bits per heavy atom. The van der Waals surface area contributed by atoms with E-state index >= 15 is 0 Å². The number of aliphatic imine (C=N–C) groups is 1. The van der Waals surface area contributed by atoms with Gasteiger partial charge in [-0.3, -0.25) is 9.88 Å². The Balaban J connectivity index is 2.36. The average Bonchev–Trinajstić information content (AvgIpc) is 3.01. The maximum atomic E-state index is 11.7. The lowest BCUT2D eigenvalue weighted by Gasteiger charge is -2.13. The molecular weight excluding hydrogens is 349 g/mol. The van der Waals surface area contributed by atoms with Gasteiger partial charge in [-0.15, -0.1) is 0 Å². The second-order valence-electron chi connectivity index (χ2n) is 4.84. The molecule has 0 aliphatic carbocycles. The van der Waals surface area contributed by atoms with Crippen LogP contribution in [-0.2, 0) is 9.30 Å². The van der Waals surface area contributed by atoms with Crippen molar-refractivity contribution in [1.29, 1.82) is 0 Å². The number of carbonyl (C=O) groups excluding carboxylic acids is 1. The summed E-state index contributed by atoms with van der Waals surface area (Å²) in [6, 6.07) is 0. The summed E-state index contributed by atoms with van der Waals surface area (Å²) in [5.41, 5.74) is 5.11. The van der Waals surface area contributed by atoms with Crippen molar-refractivity contribution in [2.24, 2.45) is 10.7 Å². The molecule has 0 spiro atoms. The third kappa shape index (κ3) is 3.79. The van der Waals surface area contributed by atoms with Crippen molar-refractivity contribution in [2.45, 2.75) is 24.4 Å². The van der Waals surface area contributed by atoms with Crippen LogP contribution in [0.1, 0.15) is 22.4 Å². The van der Waals surface area contributed by atoms with Gasteiger partial charge in [0.15, 0.2) is 11.6 Å². The zero-order chi connectivity index (χ0) is 18.1. The molecule has 4 atom stereocenters. The van der Waals surface area contributed by atoms with Crippen molar-refractivity contribution < 1.29 is 39.2 Å². The van der Waals surface area contributed by atoms with Gasteiger partial charge in [0, 0.05) is 0 Å². The van der Waals surface area contributed by atoms with Crippen LogP contribution in [0.2, 0.25) is 0 Å². The Morgan fingerprint density at radius 2 is 2.12 bits per heavy atom. The van der Waals surface area contributed by atoms with Crippen molar-refractivity contribution in [1.82, 2.24) is 15.1 Å². The highest BCUT2D eigenvalue weighted by molar-refractivity contribution is 7.50. The fourth-order valence-electron chi connectivity index (χ4n) is 2.18. The Bertz CT molecular complexity index is 687. The topological polar surface area (TPSA) is 224 Å². The summed E-state index contributed by atoms with van der Waals surface area (Å²) in [6.07, 6.45) is -4.32. The summed E-state index contributed by atoms with van der Waals surface area (Å²) in [6.45, 7) is -0.566. The summed E-state index contributed by atoms with van der Waals surface area (Å²) < 4.78 is 16.1. The number of H-pyrrole nitrogens is 1. The molecule has 1 aliphatic rings. The Labute approximate surface area is 134 Å². The standard InChI is InChI=1S/C10H16N5O8P/c11-2-12-8-4(7-6(18)5(17)3(1-16)23-7)13-9(14-8)10(19)15-24(20,21)22/h2-3,5-7,16-18H,1H2,(H2,11,12)(H,13,14)(H3,15,19,20,21,22)/t3-,5-,6-,7?/m1/s1. The molecule has 9 N–H and O–H groups in total. The van der Waals surface area contributed by atoms with Gasteiger partial charge in [0.1, 0.15) is 24.4 Å². The lowest BCUT2D eigenvalue weighted by molar-refractivity contribution is -0.0236. The maximum Gasteiger partial charge on any atom is 0.430 e. The summed E-state index contributed by atoms with van der Waals surface area (Å²) in [4.78, 5) is 39.0. The van der Waals surface area contributed by atoms with Crippen molar-refractivity contribution in [3.05, 3.63) is 11.5 Å². The SMILES string of the molecule is N/C=N/c1nc(C(=O)NP(=O)(O)O)[nH]c1C1O[C@H](CO)[C@@H](O)[C@H]1O. The van der Waals surface area contributed by atoms with Crippen LogP contribution in [0.3, 0.4) is 0 Å². The molecule has 134 valence electrons. The highest BCUT2D eigenvalue weighted by atomic mass is 31.2. The number of aliphatic hydroxyl groups excluding tert-OH is 3. The number of nitrogens with two attached hydrogens (primary N) is 1. The summed E-state index contributed by atoms with van der Waals surface area (Å²) in [5, 5.41) is 30.3. The van der Waals surface area contributed by atoms with Gasteiger partial charge in [-0.1, -0.05) is 0 Å². The Kier molecular flexibility index (Phi) is 5.35. The predicted octanol–water partition coefficient (Wildman–Crippen LogP) is -3.00. The Hall–Kier alpha value is -1.86. The quantitative estimate of drug-likeness (QED) is 0.150. The maximum absolute atomic E-state index is 11.7. The van der Waals surface area contributed by atoms with Gasteiger partial charge in [-0.25, -0.2) is 14.5 Å². The van der Waals surface area contributed by atoms with Crippen molar-refractivity contribution in [3.8, 4) is 0 Å². The smallest absolute Gasteiger partial charge is 0.394 e. The largest absolute Gasteiger partial charge is 0.430 e. The molecule has 1 aromatic heterocycles. The fraction of sp³-hybridized carbons (Fsp3) is 0.500. The number of aromatic amines is 1. The van der Waals surface area contributed by atoms with Crippen LogP contribution in [-0.4, -0.2) is 72.2 Å². The number of hydrogen-bond acceptors (Lipinski definition) is 8. The third-order valence-electron chi connectivity index (χ3n) is 3.20. The van der Waals surface area contributed by atoms with E-state index in [1.165, 1.54) is 5.09 Å². The van der Waals surface area contributed by atoms with Gasteiger partial charge in [0.25, 0.3) is 5.91 Å². The van der Waals surface area contributed by atoms with Crippen LogP contribution in [0.5, 0.6) is 0 Å². The lowest BCUT2D eigenvalue weighted by Crippen LogP contribution is -2.32. The van der Waals surface area contributed by atoms with E-state index in [4.69, 9.17) is 25.4 Å². The minimum absolute atomic E-state index is 0.0601. The second-order valence-corrected chi connectivity index (χ2v) is 6.16. The molecule has 0 radical (unpaired) electrons. The van der Waals surface area contributed by atoms with Gasteiger partial charge in [-0.05, 0) is 0 Å². The van der Waals surface area contributed by atoms with Crippen LogP contribution in [0.15, 0.2) is 4.99 Å². The van der Waals surface area contributed by atoms with Crippen molar-refractivity contribution in [3.63, 3.8) is 0 Å². The Morgan fingerprint density at radius 1 is 1.46 bits per heavy atom. The molecule has 2 rings (SSSR count). The second kappa shape index (κ2) is 6.94. The van der Waals surface area contributed by atoms with Crippen LogP contribution in [0.4, 0.5) is 5.82 Å². The molecule has 24 heavy (non-hydrogen) atoms. The monoisotopic (exact) mass is 365 g/mol. The van der Waals surface area contributed by atoms with Crippen LogP contribution in [0.25, 0.3) is 0 Å². The first-order chi connectivity index (χ1) is 11.2. The molecule has 1 saturated heterocycles. The highest BCUT2D eigenvalue weighted by Crippen LogP contribution is 2.37. The van der Waals surface area contributed by atoms with Crippen LogP contribution in [0, 0.1) is 0 Å². The molecular formula is C10H16N5O8P. The van der Waals surface area contributed by atoms with Crippen LogP contribution >= 0.6 is 7.75 Å². The van der Waals surface area contributed by atoms with Gasteiger partial charge in [0.05, 0.1) is 18.6 Å². The number of hydrogen-bond donors (Lipinski definition) is 8. The zero-order valence-electron chi connectivity index (χ0n) is 12.0. The van der Waals surface area contributed by atoms with E-state index in [0.29, 0.717) is 0 Å². The van der Waals surface area contributed by atoms with E-state index in [1.807, 2.05) is 0 Å². The average molecular weight is 365 g/mol. The van der Waals surface area contributed by atoms with Gasteiger partial charge >= 0.3 is 7.75 Å². The molecule has 13 nitrogen and oxygen atoms in total. The number of aromatic nitrogens is 2. The molecule has 0 bridgehead atoms. The molecule has 1 aliphatic heterocycles. The number of nitrogens with zero attached hydrogens (tertiary/aromatic N) is 2. The van der Waals surface area contributed by atoms with Gasteiger partial charge in [0.2, 0.25) is 0 Å². The van der Waals surface area contributed by atoms with E-state index in [2.05, 4.69) is 15.0 Å². The van der Waals surface area contributed by atoms with E-state index in [1.54, 1.807) is 0 Å². The predicted molar refractivity (Wildman–Crippen MR) is 77.2 cm³/mol. The fourth-order valence-corrected chi connectivity index (χ4v) is 2.55. The number of aliphatic hydroxyl groups is 3. The third-order valence-corrected chi connectivity index (χ3v) is 3.69. The number of nitrogens with one attached hydrogen (secondary N) is 2. The molecule has 1 amide bonds. The molecule has 1 aromatic rings. The van der Waals surface area contributed by atoms with Crippen molar-refractivity contribution >= 4 is 25.8 Å². The van der Waals surface area contributed by atoms with E-state index < -0.39 is 50.5 Å². The number of amides is 1. The molecule has 0 saturated carbocycles. The summed E-state index contributed by atoms with van der Waals surface area (Å²) in [7, 11) is -4.85.